The van der Waals surface area contributed by atoms with Gasteiger partial charge in [0.25, 0.3) is 5.91 Å². The number of aryl methyl sites for hydroxylation is 1. The number of nitriles is 1. The van der Waals surface area contributed by atoms with Gasteiger partial charge in [0.15, 0.2) is 0 Å². The normalized spacial score (nSPS) is 11.2. The number of rotatable bonds is 6. The SMILES string of the molecule is Cc1ccc2ccccc2c1COc1ccc(Br)cc1/C=C(\C#N)C(=O)Nc1ccccc1Cl. The van der Waals surface area contributed by atoms with E-state index in [9.17, 15) is 10.1 Å². The number of anilines is 1. The second kappa shape index (κ2) is 10.6. The Hall–Kier alpha value is -3.59. The van der Waals surface area contributed by atoms with E-state index in [1.54, 1.807) is 24.3 Å². The standard InChI is InChI=1S/C28H20BrClN2O2/c1-18-10-11-19-6-2-3-7-23(19)24(18)17-34-27-13-12-22(29)15-20(27)14-21(16-31)28(33)32-26-9-5-4-8-25(26)30/h2-15H,17H2,1H3,(H,32,33)/b21-14+. The Bertz CT molecular complexity index is 1460. The summed E-state index contributed by atoms with van der Waals surface area (Å²) >= 11 is 9.60. The van der Waals surface area contributed by atoms with E-state index in [0.29, 0.717) is 28.6 Å². The minimum atomic E-state index is -0.550. The number of ether oxygens (including phenoxy) is 1. The molecule has 0 heterocycles. The number of para-hydroxylation sites is 1. The van der Waals surface area contributed by atoms with Crippen LogP contribution >= 0.6 is 27.5 Å². The van der Waals surface area contributed by atoms with Crippen LogP contribution in [0, 0.1) is 18.3 Å². The molecule has 0 spiro atoms. The fourth-order valence-electron chi connectivity index (χ4n) is 3.61. The Morgan fingerprint density at radius 1 is 1.09 bits per heavy atom. The maximum atomic E-state index is 12.8. The van der Waals surface area contributed by atoms with Crippen molar-refractivity contribution in [2.24, 2.45) is 0 Å². The first kappa shape index (κ1) is 23.6. The largest absolute Gasteiger partial charge is 0.488 e. The number of halogens is 2. The van der Waals surface area contributed by atoms with Crippen LogP contribution in [0.3, 0.4) is 0 Å². The highest BCUT2D eigenvalue weighted by Crippen LogP contribution is 2.29. The maximum Gasteiger partial charge on any atom is 0.266 e. The van der Waals surface area contributed by atoms with E-state index < -0.39 is 5.91 Å². The molecule has 0 aliphatic carbocycles. The van der Waals surface area contributed by atoms with Gasteiger partial charge in [0.05, 0.1) is 10.7 Å². The van der Waals surface area contributed by atoms with Crippen molar-refractivity contribution >= 4 is 56.0 Å². The molecule has 0 saturated heterocycles. The predicted octanol–water partition coefficient (Wildman–Crippen LogP) is 7.69. The van der Waals surface area contributed by atoms with Gasteiger partial charge in [-0.2, -0.15) is 5.26 Å². The predicted molar refractivity (Wildman–Crippen MR) is 141 cm³/mol. The number of benzene rings is 4. The van der Waals surface area contributed by atoms with Crippen LogP contribution < -0.4 is 10.1 Å². The highest BCUT2D eigenvalue weighted by Gasteiger charge is 2.14. The molecule has 34 heavy (non-hydrogen) atoms. The average molecular weight is 532 g/mol. The second-order valence-corrected chi connectivity index (χ2v) is 8.98. The summed E-state index contributed by atoms with van der Waals surface area (Å²) in [5.74, 6) is 0.0141. The quantitative estimate of drug-likeness (QED) is 0.205. The van der Waals surface area contributed by atoms with E-state index in [1.165, 1.54) is 6.08 Å². The second-order valence-electron chi connectivity index (χ2n) is 7.66. The van der Waals surface area contributed by atoms with Gasteiger partial charge in [-0.1, -0.05) is 76.1 Å². The van der Waals surface area contributed by atoms with Crippen LogP contribution in [0.1, 0.15) is 16.7 Å². The fraction of sp³-hybridized carbons (Fsp3) is 0.0714. The van der Waals surface area contributed by atoms with Crippen molar-refractivity contribution in [2.75, 3.05) is 5.32 Å². The van der Waals surface area contributed by atoms with Crippen molar-refractivity contribution in [2.45, 2.75) is 13.5 Å². The molecule has 0 radical (unpaired) electrons. The van der Waals surface area contributed by atoms with Gasteiger partial charge in [-0.15, -0.1) is 0 Å². The lowest BCUT2D eigenvalue weighted by Gasteiger charge is -2.14. The van der Waals surface area contributed by atoms with Gasteiger partial charge in [-0.25, -0.2) is 0 Å². The first-order valence-corrected chi connectivity index (χ1v) is 11.7. The Morgan fingerprint density at radius 2 is 1.85 bits per heavy atom. The summed E-state index contributed by atoms with van der Waals surface area (Å²) in [6, 6.07) is 26.7. The third-order valence-electron chi connectivity index (χ3n) is 5.41. The fourth-order valence-corrected chi connectivity index (χ4v) is 4.17. The molecule has 168 valence electrons. The zero-order valence-electron chi connectivity index (χ0n) is 18.3. The van der Waals surface area contributed by atoms with Gasteiger partial charge >= 0.3 is 0 Å². The molecule has 0 aliphatic heterocycles. The van der Waals surface area contributed by atoms with Crippen LogP contribution in [0.2, 0.25) is 5.02 Å². The lowest BCUT2D eigenvalue weighted by atomic mass is 10.0. The molecule has 1 N–H and O–H groups in total. The molecule has 1 amide bonds. The van der Waals surface area contributed by atoms with Crippen LogP contribution in [0.25, 0.3) is 16.8 Å². The number of nitrogens with one attached hydrogen (secondary N) is 1. The number of nitrogens with zero attached hydrogens (tertiary/aromatic N) is 1. The van der Waals surface area contributed by atoms with Crippen LogP contribution in [-0.4, -0.2) is 5.91 Å². The van der Waals surface area contributed by atoms with E-state index in [4.69, 9.17) is 16.3 Å². The van der Waals surface area contributed by atoms with Crippen LogP contribution in [0.5, 0.6) is 5.75 Å². The van der Waals surface area contributed by atoms with Crippen molar-refractivity contribution in [3.05, 3.63) is 111 Å². The molecular formula is C28H20BrClN2O2. The highest BCUT2D eigenvalue weighted by molar-refractivity contribution is 9.10. The van der Waals surface area contributed by atoms with E-state index in [-0.39, 0.29) is 5.57 Å². The Labute approximate surface area is 211 Å². The van der Waals surface area contributed by atoms with Gasteiger partial charge < -0.3 is 10.1 Å². The molecule has 0 unspecified atom stereocenters. The Balaban J connectivity index is 1.63. The third kappa shape index (κ3) is 5.31. The van der Waals surface area contributed by atoms with Crippen molar-refractivity contribution in [3.63, 3.8) is 0 Å². The van der Waals surface area contributed by atoms with Crippen molar-refractivity contribution in [3.8, 4) is 11.8 Å². The molecule has 0 atom stereocenters. The molecule has 0 bridgehead atoms. The number of carbonyl (C=O) groups excluding carboxylic acids is 1. The van der Waals surface area contributed by atoms with Gasteiger partial charge in [0, 0.05) is 15.6 Å². The summed E-state index contributed by atoms with van der Waals surface area (Å²) in [7, 11) is 0. The van der Waals surface area contributed by atoms with Crippen molar-refractivity contribution in [1.29, 1.82) is 5.26 Å². The minimum absolute atomic E-state index is 0.0655. The Morgan fingerprint density at radius 3 is 2.65 bits per heavy atom. The summed E-state index contributed by atoms with van der Waals surface area (Å²) < 4.78 is 7.00. The summed E-state index contributed by atoms with van der Waals surface area (Å²) in [6.45, 7) is 2.41. The first-order valence-electron chi connectivity index (χ1n) is 10.5. The lowest BCUT2D eigenvalue weighted by molar-refractivity contribution is -0.112. The van der Waals surface area contributed by atoms with Crippen LogP contribution in [-0.2, 0) is 11.4 Å². The smallest absolute Gasteiger partial charge is 0.266 e. The molecule has 0 aromatic heterocycles. The Kier molecular flexibility index (Phi) is 7.32. The van der Waals surface area contributed by atoms with Crippen LogP contribution in [0.15, 0.2) is 88.9 Å². The number of hydrogen-bond donors (Lipinski definition) is 1. The summed E-state index contributed by atoms with van der Waals surface area (Å²) in [5.41, 5.74) is 3.20. The summed E-state index contributed by atoms with van der Waals surface area (Å²) in [6.07, 6.45) is 1.52. The molecule has 0 saturated carbocycles. The lowest BCUT2D eigenvalue weighted by Crippen LogP contribution is -2.13. The molecule has 6 heteroatoms. The number of amides is 1. The van der Waals surface area contributed by atoms with E-state index in [1.807, 2.05) is 36.4 Å². The summed E-state index contributed by atoms with van der Waals surface area (Å²) in [5, 5.41) is 15.0. The molecule has 4 aromatic rings. The highest BCUT2D eigenvalue weighted by atomic mass is 79.9. The van der Waals surface area contributed by atoms with Crippen molar-refractivity contribution < 1.29 is 9.53 Å². The van der Waals surface area contributed by atoms with E-state index >= 15 is 0 Å². The zero-order chi connectivity index (χ0) is 24.1. The van der Waals surface area contributed by atoms with E-state index in [0.717, 1.165) is 26.4 Å². The maximum absolute atomic E-state index is 12.8. The first-order chi connectivity index (χ1) is 16.5. The number of fused-ring (bicyclic) bond motifs is 1. The topological polar surface area (TPSA) is 62.1 Å². The van der Waals surface area contributed by atoms with Gasteiger partial charge in [0.1, 0.15) is 24.0 Å². The van der Waals surface area contributed by atoms with Crippen LogP contribution in [0.4, 0.5) is 5.69 Å². The average Bonchev–Trinajstić information content (AvgIpc) is 2.84. The molecular weight excluding hydrogens is 512 g/mol. The van der Waals surface area contributed by atoms with Gasteiger partial charge in [0.2, 0.25) is 0 Å². The third-order valence-corrected chi connectivity index (χ3v) is 6.23. The monoisotopic (exact) mass is 530 g/mol. The molecule has 0 aliphatic rings. The minimum Gasteiger partial charge on any atom is -0.488 e. The van der Waals surface area contributed by atoms with Gasteiger partial charge in [-0.05, 0) is 59.7 Å². The van der Waals surface area contributed by atoms with E-state index in [2.05, 4.69) is 52.4 Å². The number of hydrogen-bond acceptors (Lipinski definition) is 3. The molecule has 4 nitrogen and oxygen atoms in total. The van der Waals surface area contributed by atoms with Gasteiger partial charge in [-0.3, -0.25) is 4.79 Å². The number of carbonyl (C=O) groups is 1. The molecule has 4 rings (SSSR count). The summed E-state index contributed by atoms with van der Waals surface area (Å²) in [4.78, 5) is 12.8. The zero-order valence-corrected chi connectivity index (χ0v) is 20.7. The molecule has 4 aromatic carbocycles. The van der Waals surface area contributed by atoms with Crippen molar-refractivity contribution in [1.82, 2.24) is 0 Å². The molecule has 0 fully saturated rings.